The minimum absolute atomic E-state index is 0.0197. The highest BCUT2D eigenvalue weighted by Gasteiger charge is 2.14. The highest BCUT2D eigenvalue weighted by Crippen LogP contribution is 2.25. The molecule has 9 heteroatoms. The number of anilines is 1. The number of carbonyl (C=O) groups is 2. The van der Waals surface area contributed by atoms with E-state index in [1.807, 2.05) is 0 Å². The number of benzene rings is 2. The molecule has 0 atom stereocenters. The number of ether oxygens (including phenoxy) is 1. The van der Waals surface area contributed by atoms with E-state index in [9.17, 15) is 22.4 Å². The van der Waals surface area contributed by atoms with Crippen molar-refractivity contribution in [2.75, 3.05) is 18.2 Å². The van der Waals surface area contributed by atoms with E-state index >= 15 is 0 Å². The summed E-state index contributed by atoms with van der Waals surface area (Å²) in [5.41, 5.74) is 0.228. The number of hydrogen-bond acceptors (Lipinski definition) is 5. The quantitative estimate of drug-likeness (QED) is 0.754. The second-order valence-electron chi connectivity index (χ2n) is 5.39. The molecule has 0 fully saturated rings. The molecule has 0 spiro atoms. The fourth-order valence-corrected chi connectivity index (χ4v) is 2.82. The number of hydrogen-bond donors (Lipinski definition) is 1. The van der Waals surface area contributed by atoms with Gasteiger partial charge >= 0.3 is 5.97 Å². The van der Waals surface area contributed by atoms with Gasteiger partial charge in [-0.05, 0) is 29.8 Å². The van der Waals surface area contributed by atoms with Crippen LogP contribution in [0.1, 0.15) is 5.56 Å². The van der Waals surface area contributed by atoms with Gasteiger partial charge in [-0.1, -0.05) is 29.8 Å². The highest BCUT2D eigenvalue weighted by molar-refractivity contribution is 7.90. The summed E-state index contributed by atoms with van der Waals surface area (Å²) in [6.45, 7) is -0.618. The molecule has 0 unspecified atom stereocenters. The first-order valence-electron chi connectivity index (χ1n) is 7.35. The van der Waals surface area contributed by atoms with Gasteiger partial charge in [-0.2, -0.15) is 0 Å². The average molecular weight is 400 g/mol. The van der Waals surface area contributed by atoms with Crippen molar-refractivity contribution in [3.05, 3.63) is 58.9 Å². The van der Waals surface area contributed by atoms with E-state index in [1.54, 1.807) is 6.07 Å². The molecule has 1 N–H and O–H groups in total. The summed E-state index contributed by atoms with van der Waals surface area (Å²) in [7, 11) is -3.47. The molecule has 0 bridgehead atoms. The molecular formula is C17H15ClFNO5S. The van der Waals surface area contributed by atoms with Gasteiger partial charge in [0.2, 0.25) is 0 Å². The van der Waals surface area contributed by atoms with E-state index in [1.165, 1.54) is 36.4 Å². The average Bonchev–Trinajstić information content (AvgIpc) is 2.56. The van der Waals surface area contributed by atoms with E-state index in [0.29, 0.717) is 0 Å². The molecule has 2 rings (SSSR count). The van der Waals surface area contributed by atoms with Crippen molar-refractivity contribution < 1.29 is 27.1 Å². The van der Waals surface area contributed by atoms with Crippen LogP contribution in [0.2, 0.25) is 5.02 Å². The van der Waals surface area contributed by atoms with Crippen molar-refractivity contribution in [2.45, 2.75) is 11.3 Å². The molecule has 0 aliphatic carbocycles. The van der Waals surface area contributed by atoms with Gasteiger partial charge in [-0.25, -0.2) is 12.8 Å². The first-order valence-corrected chi connectivity index (χ1v) is 9.62. The van der Waals surface area contributed by atoms with Crippen LogP contribution in [0, 0.1) is 5.82 Å². The molecule has 26 heavy (non-hydrogen) atoms. The Morgan fingerprint density at radius 2 is 1.88 bits per heavy atom. The summed E-state index contributed by atoms with van der Waals surface area (Å²) in [6.07, 6.45) is 0.705. The zero-order chi connectivity index (χ0) is 19.3. The Labute approximate surface area is 154 Å². The Morgan fingerprint density at radius 1 is 1.19 bits per heavy atom. The second kappa shape index (κ2) is 8.29. The predicted molar refractivity (Wildman–Crippen MR) is 94.3 cm³/mol. The fourth-order valence-electron chi connectivity index (χ4n) is 2.01. The lowest BCUT2D eigenvalue weighted by Crippen LogP contribution is -2.22. The first kappa shape index (κ1) is 19.9. The molecule has 0 aliphatic rings. The van der Waals surface area contributed by atoms with Gasteiger partial charge in [0.05, 0.1) is 22.0 Å². The topological polar surface area (TPSA) is 89.5 Å². The Bertz CT molecular complexity index is 946. The van der Waals surface area contributed by atoms with Crippen LogP contribution in [0.15, 0.2) is 47.4 Å². The van der Waals surface area contributed by atoms with Crippen LogP contribution in [0.25, 0.3) is 0 Å². The van der Waals surface area contributed by atoms with Crippen molar-refractivity contribution in [3.63, 3.8) is 0 Å². The number of nitrogens with one attached hydrogen (secondary N) is 1. The maximum atomic E-state index is 13.5. The number of carbonyl (C=O) groups excluding carboxylic acids is 2. The van der Waals surface area contributed by atoms with Gasteiger partial charge < -0.3 is 10.1 Å². The van der Waals surface area contributed by atoms with Crippen molar-refractivity contribution in [1.29, 1.82) is 0 Å². The summed E-state index contributed by atoms with van der Waals surface area (Å²) >= 11 is 5.92. The second-order valence-corrected chi connectivity index (χ2v) is 7.81. The van der Waals surface area contributed by atoms with Crippen LogP contribution in [-0.2, 0) is 30.6 Å². The number of halogens is 2. The normalized spacial score (nSPS) is 11.0. The summed E-state index contributed by atoms with van der Waals surface area (Å²) in [6, 6.07) is 9.57. The highest BCUT2D eigenvalue weighted by atomic mass is 35.5. The summed E-state index contributed by atoms with van der Waals surface area (Å²) in [4.78, 5) is 23.6. The molecular weight excluding hydrogens is 385 g/mol. The predicted octanol–water partition coefficient (Wildman–Crippen LogP) is 2.61. The smallest absolute Gasteiger partial charge is 0.310 e. The van der Waals surface area contributed by atoms with Gasteiger partial charge in [0.25, 0.3) is 5.91 Å². The number of rotatable bonds is 6. The van der Waals surface area contributed by atoms with E-state index in [4.69, 9.17) is 16.3 Å². The molecule has 2 aromatic carbocycles. The van der Waals surface area contributed by atoms with Crippen LogP contribution >= 0.6 is 11.6 Å². The van der Waals surface area contributed by atoms with Crippen LogP contribution in [-0.4, -0.2) is 33.2 Å². The van der Waals surface area contributed by atoms with Gasteiger partial charge in [0.15, 0.2) is 16.4 Å². The largest absolute Gasteiger partial charge is 0.455 e. The van der Waals surface area contributed by atoms with Crippen molar-refractivity contribution in [1.82, 2.24) is 0 Å². The Balaban J connectivity index is 1.95. The standard InChI is InChI=1S/C17H15ClFNO5S/c1-26(23,24)12-6-7-13(18)15(9-12)20-16(21)10-25-17(22)8-11-4-2-3-5-14(11)19/h2-7,9H,8,10H2,1H3,(H,20,21). The third-order valence-corrected chi connectivity index (χ3v) is 4.74. The van der Waals surface area contributed by atoms with Crippen LogP contribution < -0.4 is 5.32 Å². The van der Waals surface area contributed by atoms with E-state index in [2.05, 4.69) is 5.32 Å². The first-order chi connectivity index (χ1) is 12.2. The SMILES string of the molecule is CS(=O)(=O)c1ccc(Cl)c(NC(=O)COC(=O)Cc2ccccc2F)c1. The molecule has 138 valence electrons. The Kier molecular flexibility index (Phi) is 6.33. The number of amides is 1. The molecule has 0 heterocycles. The lowest BCUT2D eigenvalue weighted by molar-refractivity contribution is -0.146. The van der Waals surface area contributed by atoms with Crippen molar-refractivity contribution >= 4 is 39.0 Å². The number of sulfone groups is 1. The van der Waals surface area contributed by atoms with E-state index < -0.39 is 34.1 Å². The fraction of sp³-hybridized carbons (Fsp3) is 0.176. The minimum Gasteiger partial charge on any atom is -0.455 e. The minimum atomic E-state index is -3.47. The molecule has 1 amide bonds. The van der Waals surface area contributed by atoms with E-state index in [0.717, 1.165) is 6.26 Å². The third-order valence-electron chi connectivity index (χ3n) is 3.30. The van der Waals surface area contributed by atoms with E-state index in [-0.39, 0.29) is 27.6 Å². The summed E-state index contributed by atoms with van der Waals surface area (Å²) in [5.74, 6) is -2.03. The van der Waals surface area contributed by atoms with Crippen LogP contribution in [0.5, 0.6) is 0 Å². The Morgan fingerprint density at radius 3 is 2.54 bits per heavy atom. The lowest BCUT2D eigenvalue weighted by Gasteiger charge is -2.09. The molecule has 2 aromatic rings. The molecule has 0 radical (unpaired) electrons. The van der Waals surface area contributed by atoms with Gasteiger partial charge in [0.1, 0.15) is 5.82 Å². The zero-order valence-electron chi connectivity index (χ0n) is 13.7. The monoisotopic (exact) mass is 399 g/mol. The van der Waals surface area contributed by atoms with Crippen molar-refractivity contribution in [3.8, 4) is 0 Å². The zero-order valence-corrected chi connectivity index (χ0v) is 15.2. The summed E-state index contributed by atoms with van der Waals surface area (Å²) in [5, 5.41) is 2.49. The Hall–Kier alpha value is -2.45. The molecule has 6 nitrogen and oxygen atoms in total. The van der Waals surface area contributed by atoms with Crippen LogP contribution in [0.4, 0.5) is 10.1 Å². The molecule has 0 aliphatic heterocycles. The number of esters is 1. The molecule has 0 aromatic heterocycles. The summed E-state index contributed by atoms with van der Waals surface area (Å²) < 4.78 is 41.3. The van der Waals surface area contributed by atoms with Gasteiger partial charge in [-0.3, -0.25) is 9.59 Å². The van der Waals surface area contributed by atoms with Crippen molar-refractivity contribution in [2.24, 2.45) is 0 Å². The maximum absolute atomic E-state index is 13.5. The molecule has 0 saturated heterocycles. The lowest BCUT2D eigenvalue weighted by atomic mass is 10.1. The van der Waals surface area contributed by atoms with Gasteiger partial charge in [-0.15, -0.1) is 0 Å². The molecule has 0 saturated carbocycles. The third kappa shape index (κ3) is 5.53. The van der Waals surface area contributed by atoms with Gasteiger partial charge in [0, 0.05) is 6.26 Å². The maximum Gasteiger partial charge on any atom is 0.310 e. The van der Waals surface area contributed by atoms with Crippen LogP contribution in [0.3, 0.4) is 0 Å².